The summed E-state index contributed by atoms with van der Waals surface area (Å²) in [5, 5.41) is 4.02. The fourth-order valence-electron chi connectivity index (χ4n) is 3.16. The van der Waals surface area contributed by atoms with Crippen LogP contribution >= 0.6 is 11.6 Å². The van der Waals surface area contributed by atoms with E-state index in [2.05, 4.69) is 15.3 Å². The highest BCUT2D eigenvalue weighted by Crippen LogP contribution is 2.28. The van der Waals surface area contributed by atoms with E-state index < -0.39 is 9.84 Å². The van der Waals surface area contributed by atoms with Crippen LogP contribution in [0.1, 0.15) is 30.0 Å². The Morgan fingerprint density at radius 3 is 2.65 bits per heavy atom. The van der Waals surface area contributed by atoms with Crippen LogP contribution in [0.15, 0.2) is 35.4 Å². The van der Waals surface area contributed by atoms with Crippen molar-refractivity contribution in [1.29, 1.82) is 0 Å². The minimum absolute atomic E-state index is 0.0826. The van der Waals surface area contributed by atoms with Gasteiger partial charge in [-0.1, -0.05) is 23.7 Å². The first-order valence-electron chi connectivity index (χ1n) is 8.58. The Balaban J connectivity index is 1.91. The molecule has 0 bridgehead atoms. The minimum atomic E-state index is -3.37. The molecule has 1 aromatic carbocycles. The van der Waals surface area contributed by atoms with Gasteiger partial charge in [-0.05, 0) is 37.1 Å². The molecule has 0 radical (unpaired) electrons. The molecule has 0 unspecified atom stereocenters. The Morgan fingerprint density at radius 2 is 2.04 bits per heavy atom. The lowest BCUT2D eigenvalue weighted by Gasteiger charge is -2.25. The van der Waals surface area contributed by atoms with Gasteiger partial charge < -0.3 is 10.2 Å². The Hall–Kier alpha value is -1.70. The monoisotopic (exact) mass is 394 g/mol. The lowest BCUT2D eigenvalue weighted by Crippen LogP contribution is -2.30. The number of hydrogen-bond acceptors (Lipinski definition) is 6. The molecule has 1 fully saturated rings. The third-order valence-corrected chi connectivity index (χ3v) is 5.89. The third-order valence-electron chi connectivity index (χ3n) is 4.53. The van der Waals surface area contributed by atoms with Crippen molar-refractivity contribution in [1.82, 2.24) is 15.3 Å². The molecule has 0 saturated carbocycles. The molecule has 1 saturated heterocycles. The van der Waals surface area contributed by atoms with Crippen LogP contribution in [0.3, 0.4) is 0 Å². The second-order valence-electron chi connectivity index (χ2n) is 6.72. The predicted octanol–water partition coefficient (Wildman–Crippen LogP) is 2.64. The van der Waals surface area contributed by atoms with E-state index in [0.717, 1.165) is 31.5 Å². The van der Waals surface area contributed by atoms with Gasteiger partial charge in [-0.2, -0.15) is 0 Å². The van der Waals surface area contributed by atoms with E-state index in [1.165, 1.54) is 12.5 Å². The Morgan fingerprint density at radius 1 is 1.31 bits per heavy atom. The summed E-state index contributed by atoms with van der Waals surface area (Å²) < 4.78 is 24.3. The molecule has 1 aromatic heterocycles. The predicted molar refractivity (Wildman–Crippen MR) is 104 cm³/mol. The van der Waals surface area contributed by atoms with Crippen molar-refractivity contribution in [3.8, 4) is 0 Å². The zero-order valence-electron chi connectivity index (χ0n) is 14.9. The molecule has 1 aliphatic heterocycles. The summed E-state index contributed by atoms with van der Waals surface area (Å²) in [5.74, 6) is 0.604. The third kappa shape index (κ3) is 4.52. The number of aromatic nitrogens is 2. The van der Waals surface area contributed by atoms with E-state index in [-0.39, 0.29) is 10.8 Å². The Labute approximate surface area is 159 Å². The number of halogens is 1. The molecule has 1 aliphatic rings. The second-order valence-corrected chi connectivity index (χ2v) is 9.14. The first-order valence-corrected chi connectivity index (χ1v) is 10.8. The van der Waals surface area contributed by atoms with Gasteiger partial charge in [-0.3, -0.25) is 0 Å². The molecule has 140 valence electrons. The van der Waals surface area contributed by atoms with Gasteiger partial charge in [0.1, 0.15) is 4.90 Å². The quantitative estimate of drug-likeness (QED) is 0.840. The molecule has 0 spiro atoms. The molecule has 2 aromatic rings. The highest BCUT2D eigenvalue weighted by molar-refractivity contribution is 7.90. The van der Waals surface area contributed by atoms with Crippen molar-refractivity contribution in [2.75, 3.05) is 31.3 Å². The largest absolute Gasteiger partial charge is 0.340 e. The fraction of sp³-hybridized carbons (Fsp3) is 0.444. The van der Waals surface area contributed by atoms with Gasteiger partial charge in [0.2, 0.25) is 5.95 Å². The highest BCUT2D eigenvalue weighted by atomic mass is 35.5. The number of nitrogens with zero attached hydrogens (tertiary/aromatic N) is 3. The maximum Gasteiger partial charge on any atom is 0.225 e. The number of hydrogen-bond donors (Lipinski definition) is 1. The van der Waals surface area contributed by atoms with Gasteiger partial charge in [-0.25, -0.2) is 18.4 Å². The van der Waals surface area contributed by atoms with Gasteiger partial charge in [0, 0.05) is 37.3 Å². The van der Waals surface area contributed by atoms with Crippen LogP contribution in [0.5, 0.6) is 0 Å². The molecule has 0 aliphatic carbocycles. The van der Waals surface area contributed by atoms with Crippen LogP contribution in [0.4, 0.5) is 5.95 Å². The minimum Gasteiger partial charge on any atom is -0.340 e. The molecule has 2 heterocycles. The van der Waals surface area contributed by atoms with Crippen LogP contribution < -0.4 is 10.2 Å². The van der Waals surface area contributed by atoms with E-state index in [1.807, 2.05) is 36.2 Å². The van der Waals surface area contributed by atoms with Crippen LogP contribution in [-0.2, 0) is 16.4 Å². The molecular formula is C18H23ClN4O2S. The van der Waals surface area contributed by atoms with E-state index in [0.29, 0.717) is 23.2 Å². The van der Waals surface area contributed by atoms with E-state index in [4.69, 9.17) is 11.6 Å². The van der Waals surface area contributed by atoms with E-state index >= 15 is 0 Å². The summed E-state index contributed by atoms with van der Waals surface area (Å²) in [6.45, 7) is 2.30. The zero-order valence-corrected chi connectivity index (χ0v) is 16.5. The molecule has 8 heteroatoms. The summed E-state index contributed by atoms with van der Waals surface area (Å²) >= 11 is 5.93. The van der Waals surface area contributed by atoms with Crippen molar-refractivity contribution in [2.24, 2.45) is 0 Å². The second kappa shape index (κ2) is 7.90. The Bertz CT molecular complexity index is 865. The van der Waals surface area contributed by atoms with Crippen LogP contribution in [-0.4, -0.2) is 44.8 Å². The molecular weight excluding hydrogens is 372 g/mol. The van der Waals surface area contributed by atoms with Crippen molar-refractivity contribution in [3.63, 3.8) is 0 Å². The summed E-state index contributed by atoms with van der Waals surface area (Å²) in [5.41, 5.74) is 1.70. The molecule has 1 atom stereocenters. The number of rotatable bonds is 5. The van der Waals surface area contributed by atoms with Gasteiger partial charge in [0.15, 0.2) is 9.84 Å². The van der Waals surface area contributed by atoms with Crippen LogP contribution in [0.25, 0.3) is 0 Å². The van der Waals surface area contributed by atoms with Gasteiger partial charge in [0.05, 0.1) is 11.9 Å². The average molecular weight is 395 g/mol. The number of anilines is 1. The first-order chi connectivity index (χ1) is 12.3. The normalized spacial score (nSPS) is 17.9. The average Bonchev–Trinajstić information content (AvgIpc) is 2.63. The van der Waals surface area contributed by atoms with Gasteiger partial charge in [-0.15, -0.1) is 0 Å². The van der Waals surface area contributed by atoms with Crippen molar-refractivity contribution in [2.45, 2.75) is 30.2 Å². The van der Waals surface area contributed by atoms with Gasteiger partial charge >= 0.3 is 0 Å². The van der Waals surface area contributed by atoms with Crippen molar-refractivity contribution >= 4 is 27.4 Å². The van der Waals surface area contributed by atoms with Gasteiger partial charge in [0.25, 0.3) is 0 Å². The highest BCUT2D eigenvalue weighted by Gasteiger charge is 2.25. The fourth-order valence-corrected chi connectivity index (χ4v) is 4.12. The van der Waals surface area contributed by atoms with Crippen molar-refractivity contribution in [3.05, 3.63) is 46.7 Å². The maximum atomic E-state index is 12.2. The molecule has 1 N–H and O–H groups in total. The van der Waals surface area contributed by atoms with E-state index in [1.54, 1.807) is 0 Å². The zero-order chi connectivity index (χ0) is 18.7. The summed E-state index contributed by atoms with van der Waals surface area (Å²) in [4.78, 5) is 11.1. The number of benzene rings is 1. The molecule has 3 rings (SSSR count). The first kappa shape index (κ1) is 19.1. The maximum absolute atomic E-state index is 12.2. The number of nitrogens with one attached hydrogen (secondary N) is 1. The molecule has 6 nitrogen and oxygen atoms in total. The van der Waals surface area contributed by atoms with Crippen molar-refractivity contribution < 1.29 is 8.42 Å². The van der Waals surface area contributed by atoms with Crippen LogP contribution in [0.2, 0.25) is 5.02 Å². The Kier molecular flexibility index (Phi) is 5.79. The molecule has 0 amide bonds. The van der Waals surface area contributed by atoms with Crippen LogP contribution in [0, 0.1) is 0 Å². The lowest BCUT2D eigenvalue weighted by molar-refractivity contribution is 0.447. The SMILES string of the molecule is CN(Cc1ccc(Cl)cc1)c1ncc(S(C)(=O)=O)c([C@H]2CCCNC2)n1. The number of sulfone groups is 1. The topological polar surface area (TPSA) is 75.2 Å². The smallest absolute Gasteiger partial charge is 0.225 e. The van der Waals surface area contributed by atoms with E-state index in [9.17, 15) is 8.42 Å². The molecule has 26 heavy (non-hydrogen) atoms. The summed E-state index contributed by atoms with van der Waals surface area (Å²) in [7, 11) is -1.48. The summed E-state index contributed by atoms with van der Waals surface area (Å²) in [6.07, 6.45) is 4.59. The summed E-state index contributed by atoms with van der Waals surface area (Å²) in [6, 6.07) is 7.60. The number of piperidine rings is 1. The lowest BCUT2D eigenvalue weighted by atomic mass is 9.96. The standard InChI is InChI=1S/C18H23ClN4O2S/c1-23(12-13-5-7-15(19)8-6-13)18-21-11-16(26(2,24)25)17(22-18)14-4-3-9-20-10-14/h5-8,11,14,20H,3-4,9-10,12H2,1-2H3/t14-/m0/s1.